The fraction of sp³-hybridized carbons (Fsp3) is 0.733. The van der Waals surface area contributed by atoms with Gasteiger partial charge < -0.3 is 10.0 Å². The first kappa shape index (κ1) is 17.0. The van der Waals surface area contributed by atoms with Crippen molar-refractivity contribution in [1.29, 1.82) is 0 Å². The Morgan fingerprint density at radius 2 is 2.10 bits per heavy atom. The molecule has 0 fully saturated rings. The van der Waals surface area contributed by atoms with E-state index >= 15 is 0 Å². The molecule has 0 amide bonds. The summed E-state index contributed by atoms with van der Waals surface area (Å²) >= 11 is 1.54. The minimum atomic E-state index is -0.930. The minimum absolute atomic E-state index is 0.374. The standard InChI is InChI=1S/C15H26N2O2S/c1-6-7-8-9-17(11(2)3)14-16-12(10-20-14)15(4,5)13(18)19/h10-11H,6-9H2,1-5H3,(H,18,19). The molecule has 0 saturated heterocycles. The van der Waals surface area contributed by atoms with Gasteiger partial charge >= 0.3 is 5.97 Å². The van der Waals surface area contributed by atoms with Crippen LogP contribution >= 0.6 is 11.3 Å². The second kappa shape index (κ2) is 7.07. The van der Waals surface area contributed by atoms with Gasteiger partial charge in [0, 0.05) is 18.0 Å². The van der Waals surface area contributed by atoms with Crippen molar-refractivity contribution < 1.29 is 9.90 Å². The van der Waals surface area contributed by atoms with Crippen LogP contribution in [0.15, 0.2) is 5.38 Å². The molecule has 0 atom stereocenters. The van der Waals surface area contributed by atoms with Crippen LogP contribution < -0.4 is 4.90 Å². The molecule has 1 heterocycles. The van der Waals surface area contributed by atoms with E-state index in [1.54, 1.807) is 13.8 Å². The molecule has 114 valence electrons. The molecule has 5 heteroatoms. The van der Waals surface area contributed by atoms with Crippen LogP contribution in [0.25, 0.3) is 0 Å². The number of unbranched alkanes of at least 4 members (excludes halogenated alkanes) is 2. The van der Waals surface area contributed by atoms with Crippen LogP contribution in [0.5, 0.6) is 0 Å². The fourth-order valence-corrected chi connectivity index (χ4v) is 3.05. The van der Waals surface area contributed by atoms with Crippen molar-refractivity contribution in [2.24, 2.45) is 0 Å². The number of rotatable bonds is 8. The Labute approximate surface area is 125 Å². The molecule has 0 bridgehead atoms. The summed E-state index contributed by atoms with van der Waals surface area (Å²) in [6.45, 7) is 10.9. The number of carboxylic acids is 1. The van der Waals surface area contributed by atoms with E-state index in [-0.39, 0.29) is 0 Å². The molecule has 0 unspecified atom stereocenters. The van der Waals surface area contributed by atoms with Crippen LogP contribution in [0.3, 0.4) is 0 Å². The maximum atomic E-state index is 11.3. The molecule has 0 saturated carbocycles. The van der Waals surface area contributed by atoms with Gasteiger partial charge in [-0.15, -0.1) is 11.3 Å². The third kappa shape index (κ3) is 3.95. The normalized spacial score (nSPS) is 11.9. The summed E-state index contributed by atoms with van der Waals surface area (Å²) in [5.74, 6) is -0.837. The number of aliphatic carboxylic acids is 1. The molecular weight excluding hydrogens is 272 g/mol. The van der Waals surface area contributed by atoms with Crippen molar-refractivity contribution in [3.8, 4) is 0 Å². The van der Waals surface area contributed by atoms with Gasteiger partial charge in [0.05, 0.1) is 5.69 Å². The van der Waals surface area contributed by atoms with Gasteiger partial charge in [0.1, 0.15) is 5.41 Å². The molecular formula is C15H26N2O2S. The smallest absolute Gasteiger partial charge is 0.315 e. The first-order valence-electron chi connectivity index (χ1n) is 7.26. The molecule has 1 aromatic rings. The van der Waals surface area contributed by atoms with Crippen molar-refractivity contribution in [2.75, 3.05) is 11.4 Å². The number of nitrogens with zero attached hydrogens (tertiary/aromatic N) is 2. The van der Waals surface area contributed by atoms with Gasteiger partial charge in [-0.2, -0.15) is 0 Å². The van der Waals surface area contributed by atoms with Gasteiger partial charge in [-0.1, -0.05) is 19.8 Å². The molecule has 20 heavy (non-hydrogen) atoms. The molecule has 1 N–H and O–H groups in total. The molecule has 0 aliphatic carbocycles. The highest BCUT2D eigenvalue weighted by atomic mass is 32.1. The lowest BCUT2D eigenvalue weighted by molar-refractivity contribution is -0.142. The number of anilines is 1. The molecule has 0 spiro atoms. The van der Waals surface area contributed by atoms with E-state index in [1.165, 1.54) is 24.2 Å². The SMILES string of the molecule is CCCCCN(c1nc(C(C)(C)C(=O)O)cs1)C(C)C. The molecule has 0 radical (unpaired) electrons. The minimum Gasteiger partial charge on any atom is -0.481 e. The van der Waals surface area contributed by atoms with Gasteiger partial charge in [-0.25, -0.2) is 4.98 Å². The first-order valence-corrected chi connectivity index (χ1v) is 8.14. The van der Waals surface area contributed by atoms with Crippen LogP contribution in [-0.4, -0.2) is 28.6 Å². The number of aromatic nitrogens is 1. The molecule has 0 aliphatic rings. The summed E-state index contributed by atoms with van der Waals surface area (Å²) in [7, 11) is 0. The maximum absolute atomic E-state index is 11.3. The van der Waals surface area contributed by atoms with Crippen LogP contribution in [0, 0.1) is 0 Å². The second-order valence-electron chi connectivity index (χ2n) is 5.94. The van der Waals surface area contributed by atoms with Gasteiger partial charge in [-0.3, -0.25) is 4.79 Å². The van der Waals surface area contributed by atoms with Crippen molar-refractivity contribution >= 4 is 22.4 Å². The Hall–Kier alpha value is -1.10. The summed E-state index contributed by atoms with van der Waals surface area (Å²) < 4.78 is 0. The molecule has 1 aromatic heterocycles. The predicted molar refractivity (Wildman–Crippen MR) is 84.8 cm³/mol. The van der Waals surface area contributed by atoms with Gasteiger partial charge in [0.25, 0.3) is 0 Å². The van der Waals surface area contributed by atoms with Crippen molar-refractivity contribution in [2.45, 2.75) is 65.3 Å². The Morgan fingerprint density at radius 1 is 1.45 bits per heavy atom. The molecule has 0 aliphatic heterocycles. The lowest BCUT2D eigenvalue weighted by Gasteiger charge is -2.26. The molecule has 4 nitrogen and oxygen atoms in total. The highest BCUT2D eigenvalue weighted by molar-refractivity contribution is 7.13. The highest BCUT2D eigenvalue weighted by Gasteiger charge is 2.32. The largest absolute Gasteiger partial charge is 0.481 e. The van der Waals surface area contributed by atoms with Crippen molar-refractivity contribution in [1.82, 2.24) is 4.98 Å². The molecule has 1 rings (SSSR count). The van der Waals surface area contributed by atoms with E-state index in [4.69, 9.17) is 0 Å². The summed E-state index contributed by atoms with van der Waals surface area (Å²) in [5, 5.41) is 12.1. The Morgan fingerprint density at radius 3 is 2.60 bits per heavy atom. The van der Waals surface area contributed by atoms with Crippen molar-refractivity contribution in [3.63, 3.8) is 0 Å². The van der Waals surface area contributed by atoms with E-state index in [9.17, 15) is 9.90 Å². The zero-order valence-electron chi connectivity index (χ0n) is 13.1. The monoisotopic (exact) mass is 298 g/mol. The summed E-state index contributed by atoms with van der Waals surface area (Å²) in [6, 6.07) is 0.374. The maximum Gasteiger partial charge on any atom is 0.315 e. The third-order valence-corrected chi connectivity index (χ3v) is 4.42. The number of hydrogen-bond donors (Lipinski definition) is 1. The van der Waals surface area contributed by atoms with Crippen molar-refractivity contribution in [3.05, 3.63) is 11.1 Å². The quantitative estimate of drug-likeness (QED) is 0.739. The predicted octanol–water partition coefficient (Wildman–Crippen LogP) is 3.91. The van der Waals surface area contributed by atoms with Crippen LogP contribution in [0.1, 0.15) is 59.6 Å². The number of carbonyl (C=O) groups is 1. The fourth-order valence-electron chi connectivity index (χ4n) is 1.90. The molecule has 0 aromatic carbocycles. The van der Waals surface area contributed by atoms with Crippen LogP contribution in [0.4, 0.5) is 5.13 Å². The van der Waals surface area contributed by atoms with Gasteiger partial charge in [-0.05, 0) is 34.1 Å². The van der Waals surface area contributed by atoms with E-state index < -0.39 is 11.4 Å². The van der Waals surface area contributed by atoms with E-state index in [0.29, 0.717) is 11.7 Å². The second-order valence-corrected chi connectivity index (χ2v) is 6.78. The van der Waals surface area contributed by atoms with Crippen LogP contribution in [0.2, 0.25) is 0 Å². The Balaban J connectivity index is 2.89. The van der Waals surface area contributed by atoms with E-state index in [0.717, 1.165) is 18.1 Å². The lowest BCUT2D eigenvalue weighted by Crippen LogP contribution is -2.32. The Kier molecular flexibility index (Phi) is 5.99. The van der Waals surface area contributed by atoms with E-state index in [1.807, 2.05) is 5.38 Å². The summed E-state index contributed by atoms with van der Waals surface area (Å²) in [5.41, 5.74) is -0.285. The number of carboxylic acid groups (broad SMARTS) is 1. The number of hydrogen-bond acceptors (Lipinski definition) is 4. The van der Waals surface area contributed by atoms with Crippen LogP contribution in [-0.2, 0) is 10.2 Å². The van der Waals surface area contributed by atoms with Gasteiger partial charge in [0.2, 0.25) is 0 Å². The van der Waals surface area contributed by atoms with Gasteiger partial charge in [0.15, 0.2) is 5.13 Å². The summed E-state index contributed by atoms with van der Waals surface area (Å²) in [4.78, 5) is 18.1. The average Bonchev–Trinajstić information content (AvgIpc) is 2.83. The lowest BCUT2D eigenvalue weighted by atomic mass is 9.90. The number of thiazole rings is 1. The average molecular weight is 298 g/mol. The Bertz CT molecular complexity index is 441. The first-order chi connectivity index (χ1) is 9.30. The highest BCUT2D eigenvalue weighted by Crippen LogP contribution is 2.30. The zero-order valence-corrected chi connectivity index (χ0v) is 14.0. The topological polar surface area (TPSA) is 53.4 Å². The van der Waals surface area contributed by atoms with E-state index in [2.05, 4.69) is 30.7 Å². The summed E-state index contributed by atoms with van der Waals surface area (Å²) in [6.07, 6.45) is 3.55. The third-order valence-electron chi connectivity index (χ3n) is 3.54. The zero-order chi connectivity index (χ0) is 15.3.